The van der Waals surface area contributed by atoms with Crippen molar-refractivity contribution in [2.45, 2.75) is 52.1 Å². The minimum Gasteiger partial charge on any atom is -0.352 e. The third-order valence-electron chi connectivity index (χ3n) is 6.40. The van der Waals surface area contributed by atoms with E-state index in [0.717, 1.165) is 30.6 Å². The van der Waals surface area contributed by atoms with Crippen molar-refractivity contribution in [1.29, 1.82) is 0 Å². The third-order valence-corrected chi connectivity index (χ3v) is 6.40. The molecule has 1 N–H and O–H groups in total. The van der Waals surface area contributed by atoms with Gasteiger partial charge in [-0.25, -0.2) is 4.98 Å². The summed E-state index contributed by atoms with van der Waals surface area (Å²) in [6.07, 6.45) is 4.81. The van der Waals surface area contributed by atoms with Gasteiger partial charge >= 0.3 is 0 Å². The molecule has 0 spiro atoms. The number of fused-ring (bicyclic) bond motifs is 1. The van der Waals surface area contributed by atoms with Crippen molar-refractivity contribution in [1.82, 2.24) is 19.8 Å². The molecular formula is C26H32N4O2. The first-order valence-electron chi connectivity index (χ1n) is 11.6. The predicted molar refractivity (Wildman–Crippen MR) is 128 cm³/mol. The lowest BCUT2D eigenvalue weighted by Gasteiger charge is -2.33. The highest BCUT2D eigenvalue weighted by Crippen LogP contribution is 2.17. The SMILES string of the molecule is Cc1nc2cc(C(=O)NCCCN3CCCCC3C)ccc2n(Cc2ccccc2)c1=O. The molecule has 1 unspecified atom stereocenters. The molecule has 0 bridgehead atoms. The summed E-state index contributed by atoms with van der Waals surface area (Å²) in [6.45, 7) is 7.32. The lowest BCUT2D eigenvalue weighted by Crippen LogP contribution is -2.39. The van der Waals surface area contributed by atoms with Crippen molar-refractivity contribution in [2.24, 2.45) is 0 Å². The van der Waals surface area contributed by atoms with Crippen LogP contribution >= 0.6 is 0 Å². The smallest absolute Gasteiger partial charge is 0.272 e. The number of rotatable bonds is 7. The number of likely N-dealkylation sites (tertiary alicyclic amines) is 1. The Morgan fingerprint density at radius 1 is 1.16 bits per heavy atom. The summed E-state index contributed by atoms with van der Waals surface area (Å²) < 4.78 is 1.73. The van der Waals surface area contributed by atoms with Crippen LogP contribution in [-0.2, 0) is 6.54 Å². The molecule has 2 aromatic carbocycles. The maximum Gasteiger partial charge on any atom is 0.272 e. The van der Waals surface area contributed by atoms with Gasteiger partial charge in [0.05, 0.1) is 17.6 Å². The molecule has 6 nitrogen and oxygen atoms in total. The number of hydrogen-bond donors (Lipinski definition) is 1. The van der Waals surface area contributed by atoms with Gasteiger partial charge in [-0.2, -0.15) is 0 Å². The molecule has 1 aliphatic rings. The largest absolute Gasteiger partial charge is 0.352 e. The second-order valence-corrected chi connectivity index (χ2v) is 8.77. The third kappa shape index (κ3) is 5.07. The van der Waals surface area contributed by atoms with Gasteiger partial charge < -0.3 is 14.8 Å². The standard InChI is InChI=1S/C26H32N4O2/c1-19-9-6-7-15-29(19)16-8-14-27-25(31)22-12-13-24-23(17-22)28-20(2)26(32)30(24)18-21-10-4-3-5-11-21/h3-5,10-13,17,19H,6-9,14-16,18H2,1-2H3,(H,27,31). The monoisotopic (exact) mass is 432 g/mol. The van der Waals surface area contributed by atoms with Crippen LogP contribution in [0.3, 0.4) is 0 Å². The summed E-state index contributed by atoms with van der Waals surface area (Å²) in [5.74, 6) is -0.0983. The van der Waals surface area contributed by atoms with E-state index in [1.807, 2.05) is 36.4 Å². The van der Waals surface area contributed by atoms with E-state index >= 15 is 0 Å². The number of nitrogens with zero attached hydrogens (tertiary/aromatic N) is 3. The topological polar surface area (TPSA) is 67.2 Å². The molecule has 1 amide bonds. The zero-order chi connectivity index (χ0) is 22.5. The van der Waals surface area contributed by atoms with Crippen LogP contribution in [0.4, 0.5) is 0 Å². The zero-order valence-electron chi connectivity index (χ0n) is 19.0. The van der Waals surface area contributed by atoms with Crippen molar-refractivity contribution in [3.8, 4) is 0 Å². The zero-order valence-corrected chi connectivity index (χ0v) is 19.0. The fraction of sp³-hybridized carbons (Fsp3) is 0.423. The summed E-state index contributed by atoms with van der Waals surface area (Å²) in [5.41, 5.74) is 3.34. The lowest BCUT2D eigenvalue weighted by atomic mass is 10.0. The van der Waals surface area contributed by atoms with Gasteiger partial charge in [-0.05, 0) is 63.4 Å². The Balaban J connectivity index is 1.45. The number of carbonyl (C=O) groups is 1. The van der Waals surface area contributed by atoms with Gasteiger partial charge in [0.1, 0.15) is 5.69 Å². The van der Waals surface area contributed by atoms with Crippen molar-refractivity contribution in [2.75, 3.05) is 19.6 Å². The van der Waals surface area contributed by atoms with Crippen LogP contribution in [0.1, 0.15) is 54.2 Å². The van der Waals surface area contributed by atoms with Crippen LogP contribution in [0.15, 0.2) is 53.3 Å². The first-order chi connectivity index (χ1) is 15.5. The molecule has 1 atom stereocenters. The van der Waals surface area contributed by atoms with E-state index in [1.165, 1.54) is 19.3 Å². The predicted octanol–water partition coefficient (Wildman–Crippen LogP) is 3.75. The van der Waals surface area contributed by atoms with Gasteiger partial charge in [0.2, 0.25) is 0 Å². The molecule has 3 aromatic rings. The minimum absolute atomic E-state index is 0.0983. The Labute approximate surface area is 189 Å². The van der Waals surface area contributed by atoms with Crippen LogP contribution in [-0.4, -0.2) is 46.0 Å². The number of hydrogen-bond acceptors (Lipinski definition) is 4. The molecule has 6 heteroatoms. The molecule has 0 saturated carbocycles. The van der Waals surface area contributed by atoms with E-state index in [-0.39, 0.29) is 11.5 Å². The summed E-state index contributed by atoms with van der Waals surface area (Å²) in [6, 6.07) is 15.9. The Kier molecular flexibility index (Phi) is 7.00. The molecule has 0 aliphatic carbocycles. The average molecular weight is 433 g/mol. The molecule has 168 valence electrons. The first-order valence-corrected chi connectivity index (χ1v) is 11.6. The summed E-state index contributed by atoms with van der Waals surface area (Å²) >= 11 is 0. The Morgan fingerprint density at radius 2 is 1.97 bits per heavy atom. The maximum absolute atomic E-state index is 12.8. The Morgan fingerprint density at radius 3 is 2.75 bits per heavy atom. The van der Waals surface area contributed by atoms with E-state index < -0.39 is 0 Å². The van der Waals surface area contributed by atoms with E-state index in [1.54, 1.807) is 23.6 Å². The number of amides is 1. The normalized spacial score (nSPS) is 16.9. The van der Waals surface area contributed by atoms with Crippen molar-refractivity contribution in [3.05, 3.63) is 75.7 Å². The molecule has 0 radical (unpaired) electrons. The molecular weight excluding hydrogens is 400 g/mol. The molecule has 32 heavy (non-hydrogen) atoms. The minimum atomic E-state index is -0.106. The Hall–Kier alpha value is -2.99. The first kappa shape index (κ1) is 22.2. The van der Waals surface area contributed by atoms with Gasteiger partial charge in [0.25, 0.3) is 11.5 Å². The van der Waals surface area contributed by atoms with Gasteiger partial charge in [-0.1, -0.05) is 36.8 Å². The van der Waals surface area contributed by atoms with Crippen LogP contribution in [0.25, 0.3) is 11.0 Å². The van der Waals surface area contributed by atoms with Crippen molar-refractivity contribution in [3.63, 3.8) is 0 Å². The van der Waals surface area contributed by atoms with Crippen LogP contribution < -0.4 is 10.9 Å². The summed E-state index contributed by atoms with van der Waals surface area (Å²) in [7, 11) is 0. The fourth-order valence-electron chi connectivity index (χ4n) is 4.51. The summed E-state index contributed by atoms with van der Waals surface area (Å²) in [5, 5.41) is 3.04. The van der Waals surface area contributed by atoms with E-state index in [2.05, 4.69) is 22.1 Å². The lowest BCUT2D eigenvalue weighted by molar-refractivity contribution is 0.0949. The number of piperidine rings is 1. The van der Waals surface area contributed by atoms with Gasteiger partial charge in [0, 0.05) is 24.7 Å². The average Bonchev–Trinajstić information content (AvgIpc) is 2.81. The van der Waals surface area contributed by atoms with E-state index in [9.17, 15) is 9.59 Å². The van der Waals surface area contributed by atoms with Gasteiger partial charge in [0.15, 0.2) is 0 Å². The van der Waals surface area contributed by atoms with Crippen molar-refractivity contribution >= 4 is 16.9 Å². The van der Waals surface area contributed by atoms with Crippen LogP contribution in [0, 0.1) is 6.92 Å². The van der Waals surface area contributed by atoms with Crippen molar-refractivity contribution < 1.29 is 4.79 Å². The van der Waals surface area contributed by atoms with Gasteiger partial charge in [-0.3, -0.25) is 9.59 Å². The molecule has 1 fully saturated rings. The highest BCUT2D eigenvalue weighted by molar-refractivity contribution is 5.97. The number of aromatic nitrogens is 2. The number of aryl methyl sites for hydroxylation is 1. The van der Waals surface area contributed by atoms with E-state index in [0.29, 0.717) is 35.9 Å². The molecule has 4 rings (SSSR count). The van der Waals surface area contributed by atoms with Crippen LogP contribution in [0.5, 0.6) is 0 Å². The highest BCUT2D eigenvalue weighted by Gasteiger charge is 2.17. The highest BCUT2D eigenvalue weighted by atomic mass is 16.1. The number of carbonyl (C=O) groups excluding carboxylic acids is 1. The molecule has 1 aliphatic heterocycles. The maximum atomic E-state index is 12.8. The number of benzene rings is 2. The molecule has 2 heterocycles. The number of nitrogens with one attached hydrogen (secondary N) is 1. The van der Waals surface area contributed by atoms with E-state index in [4.69, 9.17) is 0 Å². The molecule has 1 saturated heterocycles. The molecule has 1 aromatic heterocycles. The second kappa shape index (κ2) is 10.1. The summed E-state index contributed by atoms with van der Waals surface area (Å²) in [4.78, 5) is 32.4. The van der Waals surface area contributed by atoms with Crippen LogP contribution in [0.2, 0.25) is 0 Å². The second-order valence-electron chi connectivity index (χ2n) is 8.77. The quantitative estimate of drug-likeness (QED) is 0.578. The fourth-order valence-corrected chi connectivity index (χ4v) is 4.51. The Bertz CT molecular complexity index is 1140. The van der Waals surface area contributed by atoms with Gasteiger partial charge in [-0.15, -0.1) is 0 Å².